The molecular formula is C30H33NO3. The molecule has 1 heterocycles. The summed E-state index contributed by atoms with van der Waals surface area (Å²) in [5.74, 6) is 3.04. The summed E-state index contributed by atoms with van der Waals surface area (Å²) < 4.78 is 6.06. The van der Waals surface area contributed by atoms with Crippen LogP contribution in [0.4, 0.5) is 0 Å². The Kier molecular flexibility index (Phi) is 6.98. The standard InChI is InChI=1S/C30H33NO3/c32-17-4-7-29(22-5-2-1-3-6-22)30(23-8-12-27(33)13-9-23)24-10-14-28(15-11-24)34-18-16-31-20-25-19-26(25)21-31/h1-3,5-6,8-15,25-26,32-33H,4,7,16-21H2/b30-29-. The van der Waals surface area contributed by atoms with E-state index in [1.807, 2.05) is 42.5 Å². The summed E-state index contributed by atoms with van der Waals surface area (Å²) in [5, 5.41) is 19.4. The minimum atomic E-state index is 0.143. The molecule has 34 heavy (non-hydrogen) atoms. The van der Waals surface area contributed by atoms with Crippen LogP contribution in [0.1, 0.15) is 36.0 Å². The van der Waals surface area contributed by atoms with E-state index in [1.165, 1.54) is 25.1 Å². The van der Waals surface area contributed by atoms with E-state index < -0.39 is 0 Å². The van der Waals surface area contributed by atoms with E-state index in [4.69, 9.17) is 4.74 Å². The van der Waals surface area contributed by atoms with Crippen molar-refractivity contribution in [1.29, 1.82) is 0 Å². The quantitative estimate of drug-likeness (QED) is 0.399. The van der Waals surface area contributed by atoms with Crippen LogP contribution >= 0.6 is 0 Å². The van der Waals surface area contributed by atoms with Crippen molar-refractivity contribution in [2.45, 2.75) is 19.3 Å². The van der Waals surface area contributed by atoms with Crippen molar-refractivity contribution in [1.82, 2.24) is 4.90 Å². The molecule has 0 amide bonds. The number of phenolic OH excluding ortho intramolecular Hbond substituents is 1. The number of nitrogens with zero attached hydrogens (tertiary/aromatic N) is 1. The second kappa shape index (κ2) is 10.5. The average Bonchev–Trinajstić information content (AvgIpc) is 3.49. The first-order valence-electron chi connectivity index (χ1n) is 12.4. The van der Waals surface area contributed by atoms with E-state index in [0.717, 1.165) is 52.8 Å². The van der Waals surface area contributed by atoms with E-state index in [1.54, 1.807) is 12.1 Å². The molecule has 1 saturated heterocycles. The highest BCUT2D eigenvalue weighted by molar-refractivity contribution is 5.98. The molecule has 4 nitrogen and oxygen atoms in total. The van der Waals surface area contributed by atoms with Crippen LogP contribution in [0.3, 0.4) is 0 Å². The minimum Gasteiger partial charge on any atom is -0.508 e. The Morgan fingerprint density at radius 3 is 2.12 bits per heavy atom. The minimum absolute atomic E-state index is 0.143. The van der Waals surface area contributed by atoms with Crippen LogP contribution in [0.2, 0.25) is 0 Å². The maximum Gasteiger partial charge on any atom is 0.119 e. The fourth-order valence-electron chi connectivity index (χ4n) is 5.14. The summed E-state index contributed by atoms with van der Waals surface area (Å²) in [7, 11) is 0. The van der Waals surface area contributed by atoms with Crippen LogP contribution < -0.4 is 4.74 Å². The number of allylic oxidation sites excluding steroid dienone is 1. The van der Waals surface area contributed by atoms with Crippen LogP contribution in [0.5, 0.6) is 11.5 Å². The molecule has 1 aliphatic carbocycles. The first-order valence-corrected chi connectivity index (χ1v) is 12.4. The van der Waals surface area contributed by atoms with Crippen molar-refractivity contribution < 1.29 is 14.9 Å². The number of fused-ring (bicyclic) bond motifs is 1. The first kappa shape index (κ1) is 22.7. The van der Waals surface area contributed by atoms with Crippen molar-refractivity contribution in [3.63, 3.8) is 0 Å². The third-order valence-corrected chi connectivity index (χ3v) is 7.04. The van der Waals surface area contributed by atoms with E-state index in [-0.39, 0.29) is 12.4 Å². The van der Waals surface area contributed by atoms with E-state index in [0.29, 0.717) is 13.0 Å². The van der Waals surface area contributed by atoms with Crippen LogP contribution in [-0.2, 0) is 0 Å². The fraction of sp³-hybridized carbons (Fsp3) is 0.333. The topological polar surface area (TPSA) is 52.9 Å². The van der Waals surface area contributed by atoms with Gasteiger partial charge < -0.3 is 14.9 Å². The predicted molar refractivity (Wildman–Crippen MR) is 137 cm³/mol. The molecule has 3 aromatic rings. The van der Waals surface area contributed by atoms with E-state index >= 15 is 0 Å². The SMILES string of the molecule is OCCC/C(=C(\c1ccc(O)cc1)c1ccc(OCCN2CC3CC3C2)cc1)c1ccccc1. The lowest BCUT2D eigenvalue weighted by Crippen LogP contribution is -2.27. The van der Waals surface area contributed by atoms with Gasteiger partial charge in [-0.05, 0) is 83.2 Å². The number of rotatable bonds is 10. The van der Waals surface area contributed by atoms with Crippen molar-refractivity contribution in [3.8, 4) is 11.5 Å². The molecule has 1 saturated carbocycles. The Morgan fingerprint density at radius 2 is 1.47 bits per heavy atom. The molecular weight excluding hydrogens is 422 g/mol. The molecule has 3 aromatic carbocycles. The van der Waals surface area contributed by atoms with Gasteiger partial charge in [0.25, 0.3) is 0 Å². The smallest absolute Gasteiger partial charge is 0.119 e. The normalized spacial score (nSPS) is 20.0. The van der Waals surface area contributed by atoms with Gasteiger partial charge in [0.2, 0.25) is 0 Å². The second-order valence-corrected chi connectivity index (χ2v) is 9.48. The van der Waals surface area contributed by atoms with Crippen molar-refractivity contribution in [2.75, 3.05) is 32.8 Å². The zero-order valence-electron chi connectivity index (χ0n) is 19.6. The van der Waals surface area contributed by atoms with E-state index in [9.17, 15) is 10.2 Å². The third-order valence-electron chi connectivity index (χ3n) is 7.04. The maximum absolute atomic E-state index is 9.85. The second-order valence-electron chi connectivity index (χ2n) is 9.48. The lowest BCUT2D eigenvalue weighted by atomic mass is 9.87. The van der Waals surface area contributed by atoms with Gasteiger partial charge in [-0.25, -0.2) is 0 Å². The summed E-state index contributed by atoms with van der Waals surface area (Å²) in [4.78, 5) is 2.52. The third kappa shape index (κ3) is 5.35. The molecule has 0 radical (unpaired) electrons. The summed E-state index contributed by atoms with van der Waals surface area (Å²) in [6.45, 7) is 4.33. The number of benzene rings is 3. The molecule has 2 atom stereocenters. The number of aromatic hydroxyl groups is 1. The Morgan fingerprint density at radius 1 is 0.824 bits per heavy atom. The Balaban J connectivity index is 1.41. The van der Waals surface area contributed by atoms with E-state index in [2.05, 4.69) is 29.2 Å². The van der Waals surface area contributed by atoms with Gasteiger partial charge in [-0.2, -0.15) is 0 Å². The van der Waals surface area contributed by atoms with Crippen LogP contribution in [0.25, 0.3) is 11.1 Å². The van der Waals surface area contributed by atoms with Crippen molar-refractivity contribution in [2.24, 2.45) is 11.8 Å². The first-order chi connectivity index (χ1) is 16.7. The highest BCUT2D eigenvalue weighted by Crippen LogP contribution is 2.44. The number of aliphatic hydroxyl groups excluding tert-OH is 1. The average molecular weight is 456 g/mol. The zero-order valence-corrected chi connectivity index (χ0v) is 19.6. The Bertz CT molecular complexity index is 1100. The summed E-state index contributed by atoms with van der Waals surface area (Å²) in [6, 6.07) is 26.0. The van der Waals surface area contributed by atoms with Crippen LogP contribution in [0.15, 0.2) is 78.9 Å². The zero-order chi connectivity index (χ0) is 23.3. The molecule has 0 bridgehead atoms. The monoisotopic (exact) mass is 455 g/mol. The van der Waals surface area contributed by atoms with Gasteiger partial charge in [0, 0.05) is 26.2 Å². The lowest BCUT2D eigenvalue weighted by Gasteiger charge is -2.19. The predicted octanol–water partition coefficient (Wildman–Crippen LogP) is 5.45. The molecule has 176 valence electrons. The number of phenols is 1. The van der Waals surface area contributed by atoms with Crippen LogP contribution in [-0.4, -0.2) is 48.0 Å². The lowest BCUT2D eigenvalue weighted by molar-refractivity contribution is 0.224. The molecule has 2 aliphatic rings. The largest absolute Gasteiger partial charge is 0.508 e. The molecule has 2 unspecified atom stereocenters. The summed E-state index contributed by atoms with van der Waals surface area (Å²) >= 11 is 0. The molecule has 2 fully saturated rings. The van der Waals surface area contributed by atoms with Gasteiger partial charge in [-0.15, -0.1) is 0 Å². The number of ether oxygens (including phenoxy) is 1. The molecule has 1 aliphatic heterocycles. The molecule has 5 rings (SSSR count). The van der Waals surface area contributed by atoms with Gasteiger partial charge in [0.15, 0.2) is 0 Å². The number of aliphatic hydroxyl groups is 1. The van der Waals surface area contributed by atoms with Crippen LogP contribution in [0, 0.1) is 11.8 Å². The molecule has 0 spiro atoms. The van der Waals surface area contributed by atoms with Gasteiger partial charge in [-0.1, -0.05) is 54.6 Å². The van der Waals surface area contributed by atoms with Gasteiger partial charge >= 0.3 is 0 Å². The molecule has 0 aromatic heterocycles. The van der Waals surface area contributed by atoms with Crippen molar-refractivity contribution in [3.05, 3.63) is 95.6 Å². The summed E-state index contributed by atoms with van der Waals surface area (Å²) in [6.07, 6.45) is 2.87. The number of hydrogen-bond donors (Lipinski definition) is 2. The Labute approximate surface area is 202 Å². The highest BCUT2D eigenvalue weighted by atomic mass is 16.5. The maximum atomic E-state index is 9.85. The number of piperidine rings is 1. The van der Waals surface area contributed by atoms with Crippen molar-refractivity contribution >= 4 is 11.1 Å². The fourth-order valence-corrected chi connectivity index (χ4v) is 5.14. The highest BCUT2D eigenvalue weighted by Gasteiger charge is 2.44. The van der Waals surface area contributed by atoms with Gasteiger partial charge in [0.1, 0.15) is 18.1 Å². The summed E-state index contributed by atoms with van der Waals surface area (Å²) in [5.41, 5.74) is 5.57. The number of likely N-dealkylation sites (tertiary alicyclic amines) is 1. The number of hydrogen-bond acceptors (Lipinski definition) is 4. The molecule has 2 N–H and O–H groups in total. The van der Waals surface area contributed by atoms with Gasteiger partial charge in [-0.3, -0.25) is 4.90 Å². The Hall–Kier alpha value is -3.08. The molecule has 4 heteroatoms. The van der Waals surface area contributed by atoms with Gasteiger partial charge in [0.05, 0.1) is 0 Å².